The van der Waals surface area contributed by atoms with E-state index >= 15 is 0 Å². The second-order valence-corrected chi connectivity index (χ2v) is 9.81. The summed E-state index contributed by atoms with van der Waals surface area (Å²) in [5, 5.41) is 9.80. The van der Waals surface area contributed by atoms with E-state index in [0.29, 0.717) is 28.1 Å². The smallest absolute Gasteiger partial charge is 0.304 e. The van der Waals surface area contributed by atoms with Gasteiger partial charge in [-0.05, 0) is 47.0 Å². The number of aliphatic carboxylic acids is 1. The lowest BCUT2D eigenvalue weighted by Crippen LogP contribution is -2.05. The Morgan fingerprint density at radius 2 is 1.94 bits per heavy atom. The fraction of sp³-hybridized carbons (Fsp3) is 0.143. The Kier molecular flexibility index (Phi) is 6.50. The summed E-state index contributed by atoms with van der Waals surface area (Å²) in [6.07, 6.45) is 4.19. The van der Waals surface area contributed by atoms with Gasteiger partial charge in [0.1, 0.15) is 11.6 Å². The van der Waals surface area contributed by atoms with Crippen molar-refractivity contribution in [1.29, 1.82) is 0 Å². The summed E-state index contributed by atoms with van der Waals surface area (Å²) in [6.45, 7) is 0. The number of hydrogen-bond acceptors (Lipinski definition) is 4. The lowest BCUT2D eigenvalue weighted by Gasteiger charge is -2.22. The molecule has 0 amide bonds. The summed E-state index contributed by atoms with van der Waals surface area (Å²) in [5.74, 6) is -0.130. The Bertz CT molecular complexity index is 1490. The monoisotopic (exact) mass is 505 g/mol. The van der Waals surface area contributed by atoms with Gasteiger partial charge in [-0.25, -0.2) is 9.37 Å². The van der Waals surface area contributed by atoms with Crippen molar-refractivity contribution in [2.45, 2.75) is 11.7 Å². The van der Waals surface area contributed by atoms with Crippen LogP contribution in [0.2, 0.25) is 5.02 Å². The van der Waals surface area contributed by atoms with Gasteiger partial charge in [0, 0.05) is 22.3 Å². The van der Waals surface area contributed by atoms with Crippen LogP contribution in [0.3, 0.4) is 0 Å². The van der Waals surface area contributed by atoms with E-state index < -0.39 is 11.8 Å². The first-order valence-corrected chi connectivity index (χ1v) is 12.5. The van der Waals surface area contributed by atoms with E-state index in [1.54, 1.807) is 18.9 Å². The predicted molar refractivity (Wildman–Crippen MR) is 141 cm³/mol. The van der Waals surface area contributed by atoms with Gasteiger partial charge in [0.05, 0.1) is 35.0 Å². The van der Waals surface area contributed by atoms with Gasteiger partial charge in [0.2, 0.25) is 0 Å². The van der Waals surface area contributed by atoms with Crippen molar-refractivity contribution in [2.75, 3.05) is 12.9 Å². The number of carboxylic acid groups (broad SMARTS) is 1. The van der Waals surface area contributed by atoms with Gasteiger partial charge in [-0.3, -0.25) is 4.79 Å². The van der Waals surface area contributed by atoms with Crippen LogP contribution in [-0.4, -0.2) is 28.9 Å². The molecule has 1 heterocycles. The van der Waals surface area contributed by atoms with Crippen LogP contribution in [0.15, 0.2) is 60.7 Å². The molecule has 0 saturated carbocycles. The van der Waals surface area contributed by atoms with Gasteiger partial charge in [0.15, 0.2) is 0 Å². The number of thioether (sulfide) groups is 1. The van der Waals surface area contributed by atoms with Gasteiger partial charge in [-0.2, -0.15) is 0 Å². The number of fused-ring (bicyclic) bond motifs is 3. The molecule has 0 bridgehead atoms. The summed E-state index contributed by atoms with van der Waals surface area (Å²) < 4.78 is 19.7. The fourth-order valence-corrected chi connectivity index (χ4v) is 5.78. The fourth-order valence-electron chi connectivity index (χ4n) is 4.32. The molecule has 0 aliphatic heterocycles. The molecule has 5 rings (SSSR count). The van der Waals surface area contributed by atoms with E-state index in [1.807, 2.05) is 36.4 Å². The standard InChI is InChI=1S/C28H21ClFNO3S/c1-34-26-14-18(24-9-7-17-13-23(30)22(29)15-25(17)31-24)12-21-20(26)8-6-16-4-2-3-5-19(16)28(21)35-11-10-27(32)33/h2-9,12-15,28H,10-11H2,1H3,(H,32,33). The summed E-state index contributed by atoms with van der Waals surface area (Å²) in [6, 6.07) is 18.7. The van der Waals surface area contributed by atoms with Crippen LogP contribution >= 0.6 is 23.4 Å². The van der Waals surface area contributed by atoms with Gasteiger partial charge >= 0.3 is 5.97 Å². The maximum absolute atomic E-state index is 13.9. The minimum Gasteiger partial charge on any atom is -0.496 e. The number of benzene rings is 3. The highest BCUT2D eigenvalue weighted by Crippen LogP contribution is 2.46. The first-order valence-electron chi connectivity index (χ1n) is 11.0. The minimum atomic E-state index is -0.820. The molecule has 1 atom stereocenters. The maximum atomic E-state index is 13.9. The van der Waals surface area contributed by atoms with E-state index in [2.05, 4.69) is 24.3 Å². The van der Waals surface area contributed by atoms with E-state index in [1.165, 1.54) is 12.1 Å². The number of aromatic nitrogens is 1. The Morgan fingerprint density at radius 1 is 1.11 bits per heavy atom. The van der Waals surface area contributed by atoms with Crippen molar-refractivity contribution in [3.05, 3.63) is 93.8 Å². The van der Waals surface area contributed by atoms with Crippen LogP contribution < -0.4 is 4.74 Å². The molecule has 4 aromatic rings. The molecule has 3 aromatic carbocycles. The second-order valence-electron chi connectivity index (χ2n) is 8.19. The Labute approximate surface area is 211 Å². The molecule has 0 fully saturated rings. The highest BCUT2D eigenvalue weighted by atomic mass is 35.5. The third-order valence-electron chi connectivity index (χ3n) is 6.01. The summed E-state index contributed by atoms with van der Waals surface area (Å²) in [7, 11) is 1.63. The highest BCUT2D eigenvalue weighted by molar-refractivity contribution is 7.99. The number of carbonyl (C=O) groups is 1. The van der Waals surface area contributed by atoms with Crippen molar-refractivity contribution < 1.29 is 19.0 Å². The number of ether oxygens (including phenoxy) is 1. The SMILES string of the molecule is COc1cc(-c2ccc3cc(F)c(Cl)cc3n2)cc2c1C=Cc1ccccc1C2SCCC(=O)O. The Hall–Kier alpha value is -3.35. The molecule has 0 radical (unpaired) electrons. The van der Waals surface area contributed by atoms with Crippen LogP contribution in [0.4, 0.5) is 4.39 Å². The summed E-state index contributed by atoms with van der Waals surface area (Å²) in [5.41, 5.74) is 6.32. The van der Waals surface area contributed by atoms with Crippen molar-refractivity contribution in [3.63, 3.8) is 0 Å². The number of nitrogens with zero attached hydrogens (tertiary/aromatic N) is 1. The van der Waals surface area contributed by atoms with Crippen LogP contribution in [0, 0.1) is 5.82 Å². The maximum Gasteiger partial charge on any atom is 0.304 e. The molecular formula is C28H21ClFNO3S. The van der Waals surface area contributed by atoms with Crippen LogP contribution in [0.25, 0.3) is 34.3 Å². The van der Waals surface area contributed by atoms with Crippen molar-refractivity contribution >= 4 is 52.4 Å². The number of carboxylic acids is 1. The number of hydrogen-bond donors (Lipinski definition) is 1. The number of halogens is 2. The van der Waals surface area contributed by atoms with Gasteiger partial charge < -0.3 is 9.84 Å². The molecule has 4 nitrogen and oxygen atoms in total. The first kappa shape index (κ1) is 23.4. The molecule has 35 heavy (non-hydrogen) atoms. The van der Waals surface area contributed by atoms with Gasteiger partial charge in [-0.15, -0.1) is 11.8 Å². The Balaban J connectivity index is 1.67. The normalized spacial score (nSPS) is 14.3. The van der Waals surface area contributed by atoms with Crippen LogP contribution in [-0.2, 0) is 4.79 Å². The van der Waals surface area contributed by atoms with Crippen molar-refractivity contribution in [3.8, 4) is 17.0 Å². The highest BCUT2D eigenvalue weighted by Gasteiger charge is 2.25. The summed E-state index contributed by atoms with van der Waals surface area (Å²) in [4.78, 5) is 15.9. The van der Waals surface area contributed by atoms with Gasteiger partial charge in [-0.1, -0.05) is 54.1 Å². The first-order chi connectivity index (χ1) is 16.9. The molecular weight excluding hydrogens is 485 g/mol. The number of pyridine rings is 1. The third kappa shape index (κ3) is 4.64. The molecule has 176 valence electrons. The van der Waals surface area contributed by atoms with Crippen LogP contribution in [0.5, 0.6) is 5.75 Å². The quantitative estimate of drug-likeness (QED) is 0.294. The summed E-state index contributed by atoms with van der Waals surface area (Å²) >= 11 is 7.59. The van der Waals surface area contributed by atoms with Crippen LogP contribution in [0.1, 0.15) is 33.9 Å². The Morgan fingerprint density at radius 3 is 2.74 bits per heavy atom. The molecule has 1 aliphatic rings. The predicted octanol–water partition coefficient (Wildman–Crippen LogP) is 7.48. The van der Waals surface area contributed by atoms with E-state index in [4.69, 9.17) is 21.3 Å². The minimum absolute atomic E-state index is 0.0262. The van der Waals surface area contributed by atoms with E-state index in [0.717, 1.165) is 27.8 Å². The van der Waals surface area contributed by atoms with E-state index in [9.17, 15) is 14.3 Å². The molecule has 0 spiro atoms. The van der Waals surface area contributed by atoms with E-state index in [-0.39, 0.29) is 16.7 Å². The molecule has 1 unspecified atom stereocenters. The molecule has 1 N–H and O–H groups in total. The lowest BCUT2D eigenvalue weighted by molar-refractivity contribution is -0.136. The molecule has 0 saturated heterocycles. The average molecular weight is 506 g/mol. The largest absolute Gasteiger partial charge is 0.496 e. The third-order valence-corrected chi connectivity index (χ3v) is 7.58. The molecule has 1 aromatic heterocycles. The second kappa shape index (κ2) is 9.72. The van der Waals surface area contributed by atoms with Gasteiger partial charge in [0.25, 0.3) is 0 Å². The number of methoxy groups -OCH3 is 1. The van der Waals surface area contributed by atoms with Crippen molar-refractivity contribution in [1.82, 2.24) is 4.98 Å². The molecule has 7 heteroatoms. The topological polar surface area (TPSA) is 59.4 Å². The lowest BCUT2D eigenvalue weighted by atomic mass is 9.95. The van der Waals surface area contributed by atoms with Crippen molar-refractivity contribution in [2.24, 2.45) is 0 Å². The zero-order valence-electron chi connectivity index (χ0n) is 18.8. The zero-order valence-corrected chi connectivity index (χ0v) is 20.4. The molecule has 1 aliphatic carbocycles. The average Bonchev–Trinajstić information content (AvgIpc) is 3.01. The number of rotatable bonds is 6. The zero-order chi connectivity index (χ0) is 24.5.